The van der Waals surface area contributed by atoms with Crippen molar-refractivity contribution in [2.45, 2.75) is 13.3 Å². The Morgan fingerprint density at radius 1 is 1.22 bits per heavy atom. The molecule has 0 saturated heterocycles. The fourth-order valence-corrected chi connectivity index (χ4v) is 2.20. The average Bonchev–Trinajstić information content (AvgIpc) is 2.31. The Morgan fingerprint density at radius 3 is 2.39 bits per heavy atom. The highest BCUT2D eigenvalue weighted by atomic mass is 35.5. The second-order valence-electron chi connectivity index (χ2n) is 3.79. The highest BCUT2D eigenvalue weighted by Gasteiger charge is 2.10. The van der Waals surface area contributed by atoms with Gasteiger partial charge in [-0.25, -0.2) is 4.98 Å². The largest absolute Gasteiger partial charge is 0.309 e. The van der Waals surface area contributed by atoms with Gasteiger partial charge in [-0.05, 0) is 24.6 Å². The van der Waals surface area contributed by atoms with Crippen LogP contribution in [0, 0.1) is 6.92 Å². The third-order valence-corrected chi connectivity index (χ3v) is 3.64. The number of rotatable bonds is 2. The summed E-state index contributed by atoms with van der Waals surface area (Å²) >= 11 is 17.9. The maximum absolute atomic E-state index is 11.5. The van der Waals surface area contributed by atoms with E-state index in [1.54, 1.807) is 25.1 Å². The van der Waals surface area contributed by atoms with Crippen molar-refractivity contribution < 1.29 is 0 Å². The Kier molecular flexibility index (Phi) is 3.95. The fraction of sp³-hybridized carbons (Fsp3) is 0.167. The molecule has 0 spiro atoms. The Balaban J connectivity index is 2.44. The van der Waals surface area contributed by atoms with Gasteiger partial charge < -0.3 is 4.98 Å². The van der Waals surface area contributed by atoms with E-state index in [4.69, 9.17) is 34.8 Å². The van der Waals surface area contributed by atoms with Crippen molar-refractivity contribution in [2.24, 2.45) is 0 Å². The monoisotopic (exact) mass is 302 g/mol. The minimum Gasteiger partial charge on any atom is -0.309 e. The summed E-state index contributed by atoms with van der Waals surface area (Å²) in [5.74, 6) is 0.483. The number of H-pyrrole nitrogens is 1. The maximum Gasteiger partial charge on any atom is 0.269 e. The van der Waals surface area contributed by atoms with Gasteiger partial charge in [0.1, 0.15) is 10.8 Å². The van der Waals surface area contributed by atoms with Crippen LogP contribution in [-0.2, 0) is 6.42 Å². The van der Waals surface area contributed by atoms with Crippen LogP contribution < -0.4 is 5.56 Å². The lowest BCUT2D eigenvalue weighted by molar-refractivity contribution is 0.921. The molecule has 1 aromatic carbocycles. The van der Waals surface area contributed by atoms with Gasteiger partial charge in [0.2, 0.25) is 0 Å². The highest BCUT2D eigenvalue weighted by molar-refractivity contribution is 6.36. The normalized spacial score (nSPS) is 10.7. The first-order chi connectivity index (χ1) is 8.49. The summed E-state index contributed by atoms with van der Waals surface area (Å²) in [6, 6.07) is 5.24. The van der Waals surface area contributed by atoms with Gasteiger partial charge in [0.25, 0.3) is 5.56 Å². The zero-order valence-electron chi connectivity index (χ0n) is 9.43. The van der Waals surface area contributed by atoms with Crippen LogP contribution >= 0.6 is 34.8 Å². The molecule has 2 rings (SSSR count). The third kappa shape index (κ3) is 2.69. The third-order valence-electron chi connectivity index (χ3n) is 2.48. The number of aromatic amines is 1. The standard InChI is InChI=1S/C12H9Cl3N2O/c1-6-11(15)12(18)17-10(16-6)5-7-8(13)3-2-4-9(7)14/h2-4H,5H2,1H3,(H,16,17,18). The van der Waals surface area contributed by atoms with Gasteiger partial charge in [-0.3, -0.25) is 4.79 Å². The number of nitrogens with zero attached hydrogens (tertiary/aromatic N) is 1. The summed E-state index contributed by atoms with van der Waals surface area (Å²) in [7, 11) is 0. The summed E-state index contributed by atoms with van der Waals surface area (Å²) in [6.45, 7) is 1.68. The van der Waals surface area contributed by atoms with E-state index in [2.05, 4.69) is 9.97 Å². The van der Waals surface area contributed by atoms with Crippen molar-refractivity contribution in [3.63, 3.8) is 0 Å². The molecule has 0 aliphatic carbocycles. The minimum atomic E-state index is -0.359. The second kappa shape index (κ2) is 5.31. The predicted molar refractivity (Wildman–Crippen MR) is 73.9 cm³/mol. The molecule has 0 saturated carbocycles. The van der Waals surface area contributed by atoms with Gasteiger partial charge in [0.05, 0.1) is 5.69 Å². The molecule has 1 heterocycles. The fourth-order valence-electron chi connectivity index (χ4n) is 1.58. The van der Waals surface area contributed by atoms with Crippen LogP contribution in [-0.4, -0.2) is 9.97 Å². The number of halogens is 3. The van der Waals surface area contributed by atoms with Crippen LogP contribution in [0.4, 0.5) is 0 Å². The Bertz CT molecular complexity index is 632. The van der Waals surface area contributed by atoms with Crippen LogP contribution in [0.5, 0.6) is 0 Å². The lowest BCUT2D eigenvalue weighted by Crippen LogP contribution is -2.14. The van der Waals surface area contributed by atoms with Crippen LogP contribution in [0.25, 0.3) is 0 Å². The SMILES string of the molecule is Cc1nc(Cc2c(Cl)cccc2Cl)[nH]c(=O)c1Cl. The Hall–Kier alpha value is -1.03. The molecule has 1 N–H and O–H groups in total. The van der Waals surface area contributed by atoms with Gasteiger partial charge in [0, 0.05) is 16.5 Å². The van der Waals surface area contributed by atoms with Crippen molar-refractivity contribution in [3.8, 4) is 0 Å². The topological polar surface area (TPSA) is 45.8 Å². The lowest BCUT2D eigenvalue weighted by Gasteiger charge is -2.07. The summed E-state index contributed by atoms with van der Waals surface area (Å²) < 4.78 is 0. The zero-order chi connectivity index (χ0) is 13.3. The van der Waals surface area contributed by atoms with Crippen molar-refractivity contribution in [3.05, 3.63) is 60.7 Å². The number of benzene rings is 1. The number of nitrogens with one attached hydrogen (secondary N) is 1. The van der Waals surface area contributed by atoms with E-state index in [9.17, 15) is 4.79 Å². The average molecular weight is 304 g/mol. The molecule has 0 amide bonds. The van der Waals surface area contributed by atoms with Crippen LogP contribution in [0.2, 0.25) is 15.1 Å². The molecule has 0 aliphatic heterocycles. The molecule has 6 heteroatoms. The van der Waals surface area contributed by atoms with E-state index >= 15 is 0 Å². The number of aryl methyl sites for hydroxylation is 1. The molecule has 0 atom stereocenters. The van der Waals surface area contributed by atoms with Gasteiger partial charge in [-0.2, -0.15) is 0 Å². The number of aromatic nitrogens is 2. The molecule has 0 aliphatic rings. The second-order valence-corrected chi connectivity index (χ2v) is 4.98. The lowest BCUT2D eigenvalue weighted by atomic mass is 10.1. The first-order valence-corrected chi connectivity index (χ1v) is 6.30. The molecule has 0 fully saturated rings. The van der Waals surface area contributed by atoms with E-state index in [0.29, 0.717) is 28.0 Å². The van der Waals surface area contributed by atoms with Gasteiger partial charge in [-0.1, -0.05) is 40.9 Å². The van der Waals surface area contributed by atoms with Crippen LogP contribution in [0.1, 0.15) is 17.1 Å². The van der Waals surface area contributed by atoms with Crippen molar-refractivity contribution in [1.29, 1.82) is 0 Å². The first-order valence-electron chi connectivity index (χ1n) is 5.17. The molecule has 0 radical (unpaired) electrons. The zero-order valence-corrected chi connectivity index (χ0v) is 11.7. The predicted octanol–water partition coefficient (Wildman–Crippen LogP) is 3.63. The van der Waals surface area contributed by atoms with Crippen LogP contribution in [0.3, 0.4) is 0 Å². The van der Waals surface area contributed by atoms with Crippen molar-refractivity contribution >= 4 is 34.8 Å². The smallest absolute Gasteiger partial charge is 0.269 e. The quantitative estimate of drug-likeness (QED) is 0.921. The molecule has 1 aromatic heterocycles. The van der Waals surface area contributed by atoms with E-state index in [0.717, 1.165) is 5.56 Å². The summed E-state index contributed by atoms with van der Waals surface area (Å²) in [6.07, 6.45) is 0.353. The van der Waals surface area contributed by atoms with Crippen LogP contribution in [0.15, 0.2) is 23.0 Å². The van der Waals surface area contributed by atoms with Gasteiger partial charge in [0.15, 0.2) is 0 Å². The number of hydrogen-bond donors (Lipinski definition) is 1. The molecular weight excluding hydrogens is 295 g/mol. The minimum absolute atomic E-state index is 0.101. The Morgan fingerprint density at radius 2 is 1.83 bits per heavy atom. The number of hydrogen-bond acceptors (Lipinski definition) is 2. The van der Waals surface area contributed by atoms with Crippen molar-refractivity contribution in [1.82, 2.24) is 9.97 Å². The van der Waals surface area contributed by atoms with E-state index in [-0.39, 0.29) is 10.6 Å². The molecule has 0 bridgehead atoms. The first kappa shape index (κ1) is 13.4. The molecule has 2 aromatic rings. The van der Waals surface area contributed by atoms with Gasteiger partial charge in [-0.15, -0.1) is 0 Å². The Labute approximate surface area is 119 Å². The maximum atomic E-state index is 11.5. The van der Waals surface area contributed by atoms with E-state index < -0.39 is 0 Å². The summed E-state index contributed by atoms with van der Waals surface area (Å²) in [4.78, 5) is 18.3. The molecule has 0 unspecified atom stereocenters. The van der Waals surface area contributed by atoms with Gasteiger partial charge >= 0.3 is 0 Å². The highest BCUT2D eigenvalue weighted by Crippen LogP contribution is 2.25. The molecule has 94 valence electrons. The summed E-state index contributed by atoms with van der Waals surface area (Å²) in [5.41, 5.74) is 0.853. The van der Waals surface area contributed by atoms with E-state index in [1.807, 2.05) is 0 Å². The molecular formula is C12H9Cl3N2O. The van der Waals surface area contributed by atoms with Crippen molar-refractivity contribution in [2.75, 3.05) is 0 Å². The molecule has 3 nitrogen and oxygen atoms in total. The van der Waals surface area contributed by atoms with E-state index in [1.165, 1.54) is 0 Å². The molecule has 18 heavy (non-hydrogen) atoms. The summed E-state index contributed by atoms with van der Waals surface area (Å²) in [5, 5.41) is 1.18.